The van der Waals surface area contributed by atoms with Gasteiger partial charge in [-0.2, -0.15) is 0 Å². The molecule has 2 rings (SSSR count). The van der Waals surface area contributed by atoms with Crippen molar-refractivity contribution in [2.45, 2.75) is 18.9 Å². The van der Waals surface area contributed by atoms with Crippen molar-refractivity contribution >= 4 is 0 Å². The Morgan fingerprint density at radius 2 is 2.21 bits per heavy atom. The Balaban J connectivity index is 2.35. The zero-order chi connectivity index (χ0) is 10.1. The van der Waals surface area contributed by atoms with Gasteiger partial charge in [-0.05, 0) is 24.8 Å². The molecule has 1 aromatic carbocycles. The monoisotopic (exact) mass is 193 g/mol. The third kappa shape index (κ3) is 1.55. The molecule has 1 aromatic rings. The number of nitrogens with two attached hydrogens (primary N) is 1. The minimum atomic E-state index is -0.00273. The Morgan fingerprint density at radius 1 is 1.50 bits per heavy atom. The Bertz CT molecular complexity index is 334. The van der Waals surface area contributed by atoms with E-state index in [0.717, 1.165) is 5.56 Å². The van der Waals surface area contributed by atoms with Gasteiger partial charge in [-0.25, -0.2) is 0 Å². The highest BCUT2D eigenvalue weighted by Gasteiger charge is 2.31. The summed E-state index contributed by atoms with van der Waals surface area (Å²) in [6.07, 6.45) is 2.36. The molecule has 3 N–H and O–H groups in total. The number of ether oxygens (including phenoxy) is 1. The Kier molecular flexibility index (Phi) is 2.33. The van der Waals surface area contributed by atoms with E-state index in [-0.39, 0.29) is 11.8 Å². The quantitative estimate of drug-likeness (QED) is 0.769. The molecule has 14 heavy (non-hydrogen) atoms. The lowest BCUT2D eigenvalue weighted by Gasteiger charge is -2.15. The number of phenolic OH excluding ortho intramolecular Hbond substituents is 1. The minimum Gasteiger partial charge on any atom is -0.504 e. The van der Waals surface area contributed by atoms with E-state index in [9.17, 15) is 5.11 Å². The van der Waals surface area contributed by atoms with Gasteiger partial charge in [-0.1, -0.05) is 12.1 Å². The van der Waals surface area contributed by atoms with Crippen LogP contribution in [0.3, 0.4) is 0 Å². The maximum atomic E-state index is 9.56. The molecule has 0 aromatic heterocycles. The summed E-state index contributed by atoms with van der Waals surface area (Å²) in [5.74, 6) is 1.25. The van der Waals surface area contributed by atoms with Gasteiger partial charge in [-0.15, -0.1) is 0 Å². The fraction of sp³-hybridized carbons (Fsp3) is 0.455. The molecule has 0 radical (unpaired) electrons. The topological polar surface area (TPSA) is 55.5 Å². The van der Waals surface area contributed by atoms with Crippen molar-refractivity contribution in [2.75, 3.05) is 7.11 Å². The number of aromatic hydroxyl groups is 1. The van der Waals surface area contributed by atoms with Crippen LogP contribution in [0.4, 0.5) is 0 Å². The first-order valence-corrected chi connectivity index (χ1v) is 4.85. The second-order valence-corrected chi connectivity index (χ2v) is 3.76. The fourth-order valence-electron chi connectivity index (χ4n) is 1.74. The molecule has 1 aliphatic rings. The van der Waals surface area contributed by atoms with Crippen LogP contribution in [-0.4, -0.2) is 12.2 Å². The van der Waals surface area contributed by atoms with E-state index in [1.54, 1.807) is 19.2 Å². The number of hydrogen-bond donors (Lipinski definition) is 2. The van der Waals surface area contributed by atoms with Gasteiger partial charge in [0.15, 0.2) is 11.5 Å². The van der Waals surface area contributed by atoms with Gasteiger partial charge in [0.1, 0.15) is 0 Å². The number of para-hydroxylation sites is 1. The molecule has 3 nitrogen and oxygen atoms in total. The lowest BCUT2D eigenvalue weighted by molar-refractivity contribution is 0.364. The molecule has 0 spiro atoms. The molecular weight excluding hydrogens is 178 g/mol. The summed E-state index contributed by atoms with van der Waals surface area (Å²) < 4.78 is 5.15. The van der Waals surface area contributed by atoms with Crippen molar-refractivity contribution < 1.29 is 9.84 Å². The third-order valence-electron chi connectivity index (χ3n) is 2.72. The van der Waals surface area contributed by atoms with Gasteiger partial charge in [0.25, 0.3) is 0 Å². The maximum Gasteiger partial charge on any atom is 0.165 e. The van der Waals surface area contributed by atoms with E-state index in [4.69, 9.17) is 10.5 Å². The predicted molar refractivity (Wildman–Crippen MR) is 54.3 cm³/mol. The lowest BCUT2D eigenvalue weighted by atomic mass is 10.0. The summed E-state index contributed by atoms with van der Waals surface area (Å²) in [6.45, 7) is 0. The number of methoxy groups -OCH3 is 1. The summed E-state index contributed by atoms with van der Waals surface area (Å²) >= 11 is 0. The fourth-order valence-corrected chi connectivity index (χ4v) is 1.74. The van der Waals surface area contributed by atoms with Crippen LogP contribution in [0, 0.1) is 5.92 Å². The van der Waals surface area contributed by atoms with Crippen molar-refractivity contribution in [1.29, 1.82) is 0 Å². The molecule has 1 fully saturated rings. The van der Waals surface area contributed by atoms with E-state index >= 15 is 0 Å². The maximum absolute atomic E-state index is 9.56. The van der Waals surface area contributed by atoms with Crippen molar-refractivity contribution in [3.8, 4) is 11.5 Å². The first-order valence-electron chi connectivity index (χ1n) is 4.85. The first-order chi connectivity index (χ1) is 6.74. The highest BCUT2D eigenvalue weighted by atomic mass is 16.5. The molecule has 1 aliphatic carbocycles. The average Bonchev–Trinajstić information content (AvgIpc) is 2.99. The smallest absolute Gasteiger partial charge is 0.165 e. The number of rotatable bonds is 3. The summed E-state index contributed by atoms with van der Waals surface area (Å²) in [5, 5.41) is 9.56. The number of phenols is 1. The van der Waals surface area contributed by atoms with Gasteiger partial charge in [0, 0.05) is 11.6 Å². The number of hydrogen-bond acceptors (Lipinski definition) is 3. The van der Waals surface area contributed by atoms with E-state index in [0.29, 0.717) is 11.7 Å². The summed E-state index contributed by atoms with van der Waals surface area (Å²) in [4.78, 5) is 0. The van der Waals surface area contributed by atoms with Crippen LogP contribution < -0.4 is 10.5 Å². The Labute approximate surface area is 83.5 Å². The molecule has 76 valence electrons. The molecule has 0 amide bonds. The van der Waals surface area contributed by atoms with Crippen molar-refractivity contribution in [3.05, 3.63) is 23.8 Å². The van der Waals surface area contributed by atoms with Gasteiger partial charge in [0.05, 0.1) is 7.11 Å². The highest BCUT2D eigenvalue weighted by Crippen LogP contribution is 2.44. The van der Waals surface area contributed by atoms with Crippen molar-refractivity contribution in [2.24, 2.45) is 11.7 Å². The molecule has 0 heterocycles. The van der Waals surface area contributed by atoms with Crippen LogP contribution in [0.2, 0.25) is 0 Å². The molecule has 0 unspecified atom stereocenters. The van der Waals surface area contributed by atoms with Crippen molar-refractivity contribution in [3.63, 3.8) is 0 Å². The standard InChI is InChI=1S/C11H15NO2/c1-14-11-8(3-2-4-9(11)13)10(12)7-5-6-7/h2-4,7,10,13H,5-6,12H2,1H3/t10-/m0/s1. The van der Waals surface area contributed by atoms with Crippen LogP contribution >= 0.6 is 0 Å². The van der Waals surface area contributed by atoms with Crippen LogP contribution in [0.15, 0.2) is 18.2 Å². The zero-order valence-electron chi connectivity index (χ0n) is 8.23. The van der Waals surface area contributed by atoms with Gasteiger partial charge >= 0.3 is 0 Å². The SMILES string of the molecule is COc1c(O)cccc1[C@@H](N)C1CC1. The summed E-state index contributed by atoms with van der Waals surface area (Å²) in [6, 6.07) is 5.33. The molecule has 1 atom stereocenters. The Morgan fingerprint density at radius 3 is 2.79 bits per heavy atom. The first kappa shape index (κ1) is 9.34. The second kappa shape index (κ2) is 3.50. The molecule has 0 bridgehead atoms. The molecule has 1 saturated carbocycles. The van der Waals surface area contributed by atoms with Gasteiger partial charge in [0.2, 0.25) is 0 Å². The van der Waals surface area contributed by atoms with Gasteiger partial charge in [-0.3, -0.25) is 0 Å². The Hall–Kier alpha value is -1.22. The lowest BCUT2D eigenvalue weighted by Crippen LogP contribution is -2.13. The predicted octanol–water partition coefficient (Wildman–Crippen LogP) is 1.81. The van der Waals surface area contributed by atoms with E-state index in [2.05, 4.69) is 0 Å². The average molecular weight is 193 g/mol. The molecule has 0 aliphatic heterocycles. The van der Waals surface area contributed by atoms with E-state index in [1.165, 1.54) is 12.8 Å². The molecule has 3 heteroatoms. The largest absolute Gasteiger partial charge is 0.504 e. The number of benzene rings is 1. The van der Waals surface area contributed by atoms with Crippen LogP contribution in [-0.2, 0) is 0 Å². The van der Waals surface area contributed by atoms with Crippen LogP contribution in [0.25, 0.3) is 0 Å². The minimum absolute atomic E-state index is 0.00273. The van der Waals surface area contributed by atoms with E-state index < -0.39 is 0 Å². The summed E-state index contributed by atoms with van der Waals surface area (Å²) in [5.41, 5.74) is 6.97. The summed E-state index contributed by atoms with van der Waals surface area (Å²) in [7, 11) is 1.55. The molecular formula is C11H15NO2. The third-order valence-corrected chi connectivity index (χ3v) is 2.72. The van der Waals surface area contributed by atoms with Gasteiger partial charge < -0.3 is 15.6 Å². The van der Waals surface area contributed by atoms with E-state index in [1.807, 2.05) is 6.07 Å². The molecule has 0 saturated heterocycles. The van der Waals surface area contributed by atoms with Crippen LogP contribution in [0.1, 0.15) is 24.4 Å². The van der Waals surface area contributed by atoms with Crippen molar-refractivity contribution in [1.82, 2.24) is 0 Å². The second-order valence-electron chi connectivity index (χ2n) is 3.76. The highest BCUT2D eigenvalue weighted by molar-refractivity contribution is 5.47. The normalized spacial score (nSPS) is 17.9. The van der Waals surface area contributed by atoms with Crippen LogP contribution in [0.5, 0.6) is 11.5 Å². The zero-order valence-corrected chi connectivity index (χ0v) is 8.23.